The maximum absolute atomic E-state index is 4.25. The average Bonchev–Trinajstić information content (AvgIpc) is 2.44. The van der Waals surface area contributed by atoms with Gasteiger partial charge in [-0.15, -0.1) is 0 Å². The molecule has 0 saturated carbocycles. The SMILES string of the molecule is CC1(C)N=NC(c2ccccc2)=C1I. The molecule has 1 aliphatic rings. The van der Waals surface area contributed by atoms with Crippen LogP contribution in [0.2, 0.25) is 0 Å². The fraction of sp³-hybridized carbons (Fsp3) is 0.273. The molecular weight excluding hydrogens is 287 g/mol. The van der Waals surface area contributed by atoms with Gasteiger partial charge in [0.15, 0.2) is 0 Å². The maximum Gasteiger partial charge on any atom is 0.109 e. The third-order valence-corrected chi connectivity index (χ3v) is 4.02. The van der Waals surface area contributed by atoms with E-state index in [1.54, 1.807) is 0 Å². The lowest BCUT2D eigenvalue weighted by Gasteiger charge is -2.11. The second-order valence-corrected chi connectivity index (χ2v) is 4.87. The number of benzene rings is 1. The first-order chi connectivity index (χ1) is 6.61. The largest absolute Gasteiger partial charge is 0.177 e. The van der Waals surface area contributed by atoms with Crippen LogP contribution < -0.4 is 0 Å². The minimum Gasteiger partial charge on any atom is -0.177 e. The van der Waals surface area contributed by atoms with Crippen LogP contribution in [0.5, 0.6) is 0 Å². The van der Waals surface area contributed by atoms with Crippen LogP contribution in [0.3, 0.4) is 0 Å². The smallest absolute Gasteiger partial charge is 0.109 e. The minimum atomic E-state index is -0.147. The van der Waals surface area contributed by atoms with Crippen molar-refractivity contribution in [2.45, 2.75) is 19.4 Å². The van der Waals surface area contributed by atoms with Crippen molar-refractivity contribution in [1.82, 2.24) is 0 Å². The van der Waals surface area contributed by atoms with Crippen molar-refractivity contribution in [3.05, 3.63) is 39.5 Å². The molecule has 0 aromatic heterocycles. The summed E-state index contributed by atoms with van der Waals surface area (Å²) < 4.78 is 1.21. The summed E-state index contributed by atoms with van der Waals surface area (Å²) in [4.78, 5) is 0. The van der Waals surface area contributed by atoms with Gasteiger partial charge in [-0.25, -0.2) is 0 Å². The van der Waals surface area contributed by atoms with Crippen molar-refractivity contribution in [3.63, 3.8) is 0 Å². The molecule has 0 unspecified atom stereocenters. The Balaban J connectivity index is 2.48. The quantitative estimate of drug-likeness (QED) is 0.699. The monoisotopic (exact) mass is 298 g/mol. The molecule has 0 N–H and O–H groups in total. The summed E-state index contributed by atoms with van der Waals surface area (Å²) in [6, 6.07) is 10.2. The number of hydrogen-bond acceptors (Lipinski definition) is 2. The summed E-state index contributed by atoms with van der Waals surface area (Å²) in [6.45, 7) is 4.16. The number of rotatable bonds is 1. The Morgan fingerprint density at radius 2 is 1.79 bits per heavy atom. The van der Waals surface area contributed by atoms with Gasteiger partial charge < -0.3 is 0 Å². The second kappa shape index (κ2) is 3.46. The summed E-state index contributed by atoms with van der Waals surface area (Å²) in [7, 11) is 0. The van der Waals surface area contributed by atoms with E-state index in [4.69, 9.17) is 0 Å². The topological polar surface area (TPSA) is 24.7 Å². The van der Waals surface area contributed by atoms with Crippen LogP contribution in [0.1, 0.15) is 19.4 Å². The molecule has 14 heavy (non-hydrogen) atoms. The predicted octanol–water partition coefficient (Wildman–Crippen LogP) is 4.03. The van der Waals surface area contributed by atoms with Gasteiger partial charge in [0.25, 0.3) is 0 Å². The zero-order valence-corrected chi connectivity index (χ0v) is 10.3. The molecule has 0 atom stereocenters. The van der Waals surface area contributed by atoms with Crippen molar-refractivity contribution in [2.75, 3.05) is 0 Å². The zero-order valence-electron chi connectivity index (χ0n) is 8.16. The van der Waals surface area contributed by atoms with E-state index in [0.717, 1.165) is 11.3 Å². The molecule has 72 valence electrons. The van der Waals surface area contributed by atoms with Gasteiger partial charge in [0, 0.05) is 9.14 Å². The zero-order chi connectivity index (χ0) is 10.2. The van der Waals surface area contributed by atoms with Crippen molar-refractivity contribution in [1.29, 1.82) is 0 Å². The Kier molecular flexibility index (Phi) is 2.43. The van der Waals surface area contributed by atoms with E-state index < -0.39 is 0 Å². The first-order valence-electron chi connectivity index (χ1n) is 4.50. The highest BCUT2D eigenvalue weighted by Gasteiger charge is 2.29. The van der Waals surface area contributed by atoms with Crippen LogP contribution in [-0.4, -0.2) is 5.54 Å². The molecule has 0 amide bonds. The normalized spacial score (nSPS) is 19.1. The van der Waals surface area contributed by atoms with E-state index in [2.05, 4.69) is 58.8 Å². The van der Waals surface area contributed by atoms with E-state index in [1.807, 2.05) is 18.2 Å². The predicted molar refractivity (Wildman–Crippen MR) is 66.3 cm³/mol. The molecule has 1 heterocycles. The highest BCUT2D eigenvalue weighted by Crippen LogP contribution is 2.40. The summed E-state index contributed by atoms with van der Waals surface area (Å²) >= 11 is 2.33. The summed E-state index contributed by atoms with van der Waals surface area (Å²) in [5.74, 6) is 0. The molecule has 0 saturated heterocycles. The van der Waals surface area contributed by atoms with Gasteiger partial charge in [-0.2, -0.15) is 10.2 Å². The standard InChI is InChI=1S/C11H11IN2/c1-11(2)10(12)9(13-14-11)8-6-4-3-5-7-8/h3-7H,1-2H3. The second-order valence-electron chi connectivity index (χ2n) is 3.79. The lowest BCUT2D eigenvalue weighted by Crippen LogP contribution is -2.12. The minimum absolute atomic E-state index is 0.147. The molecule has 3 heteroatoms. The fourth-order valence-electron chi connectivity index (χ4n) is 1.33. The van der Waals surface area contributed by atoms with Gasteiger partial charge >= 0.3 is 0 Å². The number of hydrogen-bond donors (Lipinski definition) is 0. The third kappa shape index (κ3) is 1.61. The molecule has 1 aromatic rings. The van der Waals surface area contributed by atoms with Crippen molar-refractivity contribution in [2.24, 2.45) is 10.2 Å². The molecular formula is C11H11IN2. The summed E-state index contributed by atoms with van der Waals surface area (Å²) in [5, 5.41) is 8.49. The number of nitrogens with zero attached hydrogens (tertiary/aromatic N) is 2. The molecule has 1 aliphatic heterocycles. The first-order valence-corrected chi connectivity index (χ1v) is 5.58. The highest BCUT2D eigenvalue weighted by atomic mass is 127. The maximum atomic E-state index is 4.25. The molecule has 0 spiro atoms. The molecule has 0 fully saturated rings. The Labute approximate surface area is 97.3 Å². The van der Waals surface area contributed by atoms with Gasteiger partial charge in [0.05, 0.1) is 0 Å². The lowest BCUT2D eigenvalue weighted by molar-refractivity contribution is 0.640. The summed E-state index contributed by atoms with van der Waals surface area (Å²) in [6.07, 6.45) is 0. The van der Waals surface area contributed by atoms with Gasteiger partial charge in [0.2, 0.25) is 0 Å². The van der Waals surface area contributed by atoms with Gasteiger partial charge in [0.1, 0.15) is 11.2 Å². The van der Waals surface area contributed by atoms with Crippen molar-refractivity contribution >= 4 is 28.3 Å². The average molecular weight is 298 g/mol. The van der Waals surface area contributed by atoms with Crippen LogP contribution in [0.15, 0.2) is 44.1 Å². The molecule has 2 nitrogen and oxygen atoms in total. The Morgan fingerprint density at radius 3 is 2.29 bits per heavy atom. The molecule has 0 bridgehead atoms. The van der Waals surface area contributed by atoms with E-state index in [1.165, 1.54) is 3.58 Å². The van der Waals surface area contributed by atoms with Gasteiger partial charge in [-0.1, -0.05) is 30.3 Å². The van der Waals surface area contributed by atoms with Crippen LogP contribution in [-0.2, 0) is 0 Å². The van der Waals surface area contributed by atoms with Crippen LogP contribution in [0, 0.1) is 0 Å². The van der Waals surface area contributed by atoms with Crippen LogP contribution in [0.25, 0.3) is 5.70 Å². The summed E-state index contributed by atoms with van der Waals surface area (Å²) in [5.41, 5.74) is 2.01. The molecule has 2 rings (SSSR count). The van der Waals surface area contributed by atoms with Crippen molar-refractivity contribution in [3.8, 4) is 0 Å². The highest BCUT2D eigenvalue weighted by molar-refractivity contribution is 14.1. The Morgan fingerprint density at radius 1 is 1.14 bits per heavy atom. The third-order valence-electron chi connectivity index (χ3n) is 2.19. The first kappa shape index (κ1) is 9.83. The van der Waals surface area contributed by atoms with E-state index in [-0.39, 0.29) is 5.54 Å². The van der Waals surface area contributed by atoms with E-state index in [0.29, 0.717) is 0 Å². The van der Waals surface area contributed by atoms with Gasteiger partial charge in [-0.3, -0.25) is 0 Å². The Hall–Kier alpha value is -0.710. The van der Waals surface area contributed by atoms with Crippen molar-refractivity contribution < 1.29 is 0 Å². The fourth-order valence-corrected chi connectivity index (χ4v) is 1.86. The molecule has 1 aromatic carbocycles. The molecule has 0 radical (unpaired) electrons. The Bertz CT molecular complexity index is 405. The van der Waals surface area contributed by atoms with Crippen LogP contribution >= 0.6 is 22.6 Å². The van der Waals surface area contributed by atoms with E-state index >= 15 is 0 Å². The number of halogens is 1. The van der Waals surface area contributed by atoms with E-state index in [9.17, 15) is 0 Å². The van der Waals surface area contributed by atoms with Crippen LogP contribution in [0.4, 0.5) is 0 Å². The number of azo groups is 1. The van der Waals surface area contributed by atoms with Gasteiger partial charge in [-0.05, 0) is 36.4 Å². The molecule has 0 aliphatic carbocycles. The lowest BCUT2D eigenvalue weighted by atomic mass is 10.0.